The van der Waals surface area contributed by atoms with Crippen molar-refractivity contribution in [3.8, 4) is 5.75 Å². The molecule has 0 fully saturated rings. The summed E-state index contributed by atoms with van der Waals surface area (Å²) in [6, 6.07) is 4.39. The van der Waals surface area contributed by atoms with E-state index in [-0.39, 0.29) is 17.7 Å². The second-order valence-electron chi connectivity index (χ2n) is 4.35. The molecule has 0 radical (unpaired) electrons. The zero-order valence-corrected chi connectivity index (χ0v) is 11.1. The third-order valence-electron chi connectivity index (χ3n) is 2.45. The fourth-order valence-corrected chi connectivity index (χ4v) is 1.55. The largest absolute Gasteiger partial charge is 0.494 e. The maximum atomic E-state index is 13.5. The van der Waals surface area contributed by atoms with E-state index in [1.165, 1.54) is 19.3 Å². The second kappa shape index (κ2) is 6.19. The van der Waals surface area contributed by atoms with E-state index in [1.807, 2.05) is 13.8 Å². The molecule has 0 aliphatic carbocycles. The Morgan fingerprint density at radius 1 is 1.44 bits per heavy atom. The SMILES string of the molecule is COc1ccc([C@H](C)NC(=O)C=C(C)C)cc1F. The standard InChI is InChI=1S/C14H18FNO2/c1-9(2)7-14(17)16-10(3)11-5-6-13(18-4)12(15)8-11/h5-8,10H,1-4H3,(H,16,17)/t10-/m0/s1. The Hall–Kier alpha value is -1.84. The summed E-state index contributed by atoms with van der Waals surface area (Å²) in [5.41, 5.74) is 1.62. The lowest BCUT2D eigenvalue weighted by Gasteiger charge is -2.14. The van der Waals surface area contributed by atoms with Crippen LogP contribution in [-0.4, -0.2) is 13.0 Å². The number of benzene rings is 1. The molecular formula is C14H18FNO2. The Morgan fingerprint density at radius 3 is 2.61 bits per heavy atom. The molecule has 1 aromatic carbocycles. The highest BCUT2D eigenvalue weighted by molar-refractivity contribution is 5.88. The number of hydrogen-bond acceptors (Lipinski definition) is 2. The van der Waals surface area contributed by atoms with Crippen molar-refractivity contribution < 1.29 is 13.9 Å². The first-order valence-corrected chi connectivity index (χ1v) is 5.73. The third kappa shape index (κ3) is 3.87. The molecule has 0 aromatic heterocycles. The zero-order chi connectivity index (χ0) is 13.7. The number of allylic oxidation sites excluding steroid dienone is 1. The van der Waals surface area contributed by atoms with Gasteiger partial charge in [0.05, 0.1) is 13.2 Å². The zero-order valence-electron chi connectivity index (χ0n) is 11.1. The molecule has 98 valence electrons. The van der Waals surface area contributed by atoms with Gasteiger partial charge >= 0.3 is 0 Å². The van der Waals surface area contributed by atoms with Gasteiger partial charge in [-0.2, -0.15) is 0 Å². The van der Waals surface area contributed by atoms with Crippen LogP contribution < -0.4 is 10.1 Å². The molecule has 0 saturated heterocycles. The van der Waals surface area contributed by atoms with Crippen LogP contribution in [0, 0.1) is 5.82 Å². The Morgan fingerprint density at radius 2 is 2.11 bits per heavy atom. The van der Waals surface area contributed by atoms with E-state index in [2.05, 4.69) is 5.32 Å². The molecule has 3 nitrogen and oxygen atoms in total. The highest BCUT2D eigenvalue weighted by atomic mass is 19.1. The number of nitrogens with one attached hydrogen (secondary N) is 1. The van der Waals surface area contributed by atoms with Crippen LogP contribution in [0.25, 0.3) is 0 Å². The Kier molecular flexibility index (Phi) is 4.89. The maximum Gasteiger partial charge on any atom is 0.244 e. The summed E-state index contributed by atoms with van der Waals surface area (Å²) in [5, 5.41) is 2.77. The van der Waals surface area contributed by atoms with Crippen LogP contribution in [0.3, 0.4) is 0 Å². The lowest BCUT2D eigenvalue weighted by molar-refractivity contribution is -0.117. The van der Waals surface area contributed by atoms with Gasteiger partial charge in [0, 0.05) is 6.08 Å². The predicted octanol–water partition coefficient (Wildman–Crippen LogP) is 2.98. The second-order valence-corrected chi connectivity index (χ2v) is 4.35. The predicted molar refractivity (Wildman–Crippen MR) is 68.9 cm³/mol. The molecule has 0 bridgehead atoms. The number of halogens is 1. The molecule has 1 amide bonds. The third-order valence-corrected chi connectivity index (χ3v) is 2.45. The molecule has 0 aliphatic rings. The Balaban J connectivity index is 2.79. The molecule has 0 spiro atoms. The maximum absolute atomic E-state index is 13.5. The molecule has 1 atom stereocenters. The first-order chi connectivity index (χ1) is 8.43. The van der Waals surface area contributed by atoms with Crippen LogP contribution in [0.2, 0.25) is 0 Å². The van der Waals surface area contributed by atoms with Crippen molar-refractivity contribution in [2.45, 2.75) is 26.8 Å². The molecule has 18 heavy (non-hydrogen) atoms. The minimum atomic E-state index is -0.432. The first-order valence-electron chi connectivity index (χ1n) is 5.73. The van der Waals surface area contributed by atoms with Gasteiger partial charge in [0.25, 0.3) is 0 Å². The van der Waals surface area contributed by atoms with Gasteiger partial charge in [0.1, 0.15) is 0 Å². The molecular weight excluding hydrogens is 233 g/mol. The van der Waals surface area contributed by atoms with Crippen LogP contribution in [0.1, 0.15) is 32.4 Å². The topological polar surface area (TPSA) is 38.3 Å². The van der Waals surface area contributed by atoms with E-state index in [0.717, 1.165) is 5.57 Å². The van der Waals surface area contributed by atoms with Gasteiger partial charge in [-0.25, -0.2) is 4.39 Å². The summed E-state index contributed by atoms with van der Waals surface area (Å²) < 4.78 is 18.4. The fourth-order valence-electron chi connectivity index (χ4n) is 1.55. The van der Waals surface area contributed by atoms with Crippen LogP contribution in [0.5, 0.6) is 5.75 Å². The Bertz CT molecular complexity index is 465. The number of rotatable bonds is 4. The summed E-state index contributed by atoms with van der Waals surface area (Å²) in [4.78, 5) is 11.5. The van der Waals surface area contributed by atoms with Gasteiger partial charge in [-0.1, -0.05) is 11.6 Å². The van der Waals surface area contributed by atoms with Crippen molar-refractivity contribution in [1.29, 1.82) is 0 Å². The van der Waals surface area contributed by atoms with Gasteiger partial charge in [-0.15, -0.1) is 0 Å². The normalized spacial score (nSPS) is 11.6. The summed E-state index contributed by atoms with van der Waals surface area (Å²) in [7, 11) is 1.41. The summed E-state index contributed by atoms with van der Waals surface area (Å²) in [6.07, 6.45) is 1.51. The van der Waals surface area contributed by atoms with Crippen molar-refractivity contribution >= 4 is 5.91 Å². The van der Waals surface area contributed by atoms with Crippen molar-refractivity contribution in [3.63, 3.8) is 0 Å². The van der Waals surface area contributed by atoms with Gasteiger partial charge < -0.3 is 10.1 Å². The van der Waals surface area contributed by atoms with Crippen LogP contribution >= 0.6 is 0 Å². The number of carbonyl (C=O) groups excluding carboxylic acids is 1. The number of methoxy groups -OCH3 is 1. The molecule has 0 heterocycles. The number of carbonyl (C=O) groups is 1. The van der Waals surface area contributed by atoms with Crippen LogP contribution in [-0.2, 0) is 4.79 Å². The quantitative estimate of drug-likeness (QED) is 0.835. The van der Waals surface area contributed by atoms with Crippen molar-refractivity contribution in [3.05, 3.63) is 41.2 Å². The molecule has 4 heteroatoms. The average Bonchev–Trinajstić information content (AvgIpc) is 2.27. The van der Waals surface area contributed by atoms with Gasteiger partial charge in [-0.05, 0) is 38.5 Å². The summed E-state index contributed by atoms with van der Waals surface area (Å²) in [6.45, 7) is 5.49. The summed E-state index contributed by atoms with van der Waals surface area (Å²) in [5.74, 6) is -0.418. The van der Waals surface area contributed by atoms with E-state index >= 15 is 0 Å². The molecule has 1 rings (SSSR count). The first kappa shape index (κ1) is 14.2. The lowest BCUT2D eigenvalue weighted by atomic mass is 10.1. The lowest BCUT2D eigenvalue weighted by Crippen LogP contribution is -2.25. The Labute approximate surface area is 107 Å². The highest BCUT2D eigenvalue weighted by Gasteiger charge is 2.11. The van der Waals surface area contributed by atoms with Gasteiger partial charge in [0.2, 0.25) is 5.91 Å². The van der Waals surface area contributed by atoms with Crippen LogP contribution in [0.4, 0.5) is 4.39 Å². The van der Waals surface area contributed by atoms with Gasteiger partial charge in [-0.3, -0.25) is 4.79 Å². The van der Waals surface area contributed by atoms with E-state index < -0.39 is 5.82 Å². The van der Waals surface area contributed by atoms with Gasteiger partial charge in [0.15, 0.2) is 11.6 Å². The number of hydrogen-bond donors (Lipinski definition) is 1. The van der Waals surface area contributed by atoms with Crippen LogP contribution in [0.15, 0.2) is 29.8 Å². The number of ether oxygens (including phenoxy) is 1. The van der Waals surface area contributed by atoms with E-state index in [9.17, 15) is 9.18 Å². The highest BCUT2D eigenvalue weighted by Crippen LogP contribution is 2.21. The monoisotopic (exact) mass is 251 g/mol. The minimum Gasteiger partial charge on any atom is -0.494 e. The van der Waals surface area contributed by atoms with E-state index in [1.54, 1.807) is 19.1 Å². The fraction of sp³-hybridized carbons (Fsp3) is 0.357. The van der Waals surface area contributed by atoms with E-state index in [0.29, 0.717) is 5.56 Å². The van der Waals surface area contributed by atoms with Crippen molar-refractivity contribution in [2.75, 3.05) is 7.11 Å². The molecule has 0 unspecified atom stereocenters. The van der Waals surface area contributed by atoms with E-state index in [4.69, 9.17) is 4.74 Å². The average molecular weight is 251 g/mol. The minimum absolute atomic E-state index is 0.182. The molecule has 1 N–H and O–H groups in total. The smallest absolute Gasteiger partial charge is 0.244 e. The number of amides is 1. The van der Waals surface area contributed by atoms with Crippen molar-refractivity contribution in [2.24, 2.45) is 0 Å². The molecule has 0 saturated carbocycles. The summed E-state index contributed by atoms with van der Waals surface area (Å²) >= 11 is 0. The molecule has 1 aromatic rings. The molecule has 0 aliphatic heterocycles. The van der Waals surface area contributed by atoms with Crippen molar-refractivity contribution in [1.82, 2.24) is 5.32 Å².